The summed E-state index contributed by atoms with van der Waals surface area (Å²) in [5, 5.41) is 2.06. The van der Waals surface area contributed by atoms with Gasteiger partial charge in [-0.1, -0.05) is 6.07 Å². The second kappa shape index (κ2) is 6.79. The fourth-order valence-corrected chi connectivity index (χ4v) is 3.14. The number of hydrogen-bond donors (Lipinski definition) is 0. The van der Waals surface area contributed by atoms with Gasteiger partial charge in [-0.25, -0.2) is 4.79 Å². The minimum Gasteiger partial charge on any atom is -0.444 e. The smallest absolute Gasteiger partial charge is 0.410 e. The highest BCUT2D eigenvalue weighted by Gasteiger charge is 2.29. The first kappa shape index (κ1) is 16.3. The number of nitrogens with zero attached hydrogens (tertiary/aromatic N) is 1. The molecule has 2 unspecified atom stereocenters. The standard InChI is InChI=1S/C16H25NO3S/c1-12(14-8-6-10-21-14)19-13-7-5-9-17(11-13)15(18)20-16(2,3)4/h6,8,10,12-13H,5,7,9,11H2,1-4H3. The largest absolute Gasteiger partial charge is 0.444 e. The van der Waals surface area contributed by atoms with Gasteiger partial charge in [-0.05, 0) is 52.0 Å². The number of rotatable bonds is 3. The van der Waals surface area contributed by atoms with Gasteiger partial charge in [0.15, 0.2) is 0 Å². The molecule has 1 aliphatic rings. The summed E-state index contributed by atoms with van der Waals surface area (Å²) in [6.07, 6.45) is 1.88. The van der Waals surface area contributed by atoms with E-state index in [0.717, 1.165) is 19.4 Å². The molecule has 1 aromatic heterocycles. The van der Waals surface area contributed by atoms with Crippen molar-refractivity contribution in [3.8, 4) is 0 Å². The molecule has 1 amide bonds. The predicted molar refractivity (Wildman–Crippen MR) is 84.6 cm³/mol. The van der Waals surface area contributed by atoms with E-state index in [1.807, 2.05) is 26.8 Å². The molecule has 0 aromatic carbocycles. The van der Waals surface area contributed by atoms with Crippen LogP contribution in [0.25, 0.3) is 0 Å². The van der Waals surface area contributed by atoms with Crippen LogP contribution in [0.5, 0.6) is 0 Å². The zero-order valence-corrected chi connectivity index (χ0v) is 14.1. The summed E-state index contributed by atoms with van der Waals surface area (Å²) in [5.41, 5.74) is -0.449. The van der Waals surface area contributed by atoms with Crippen LogP contribution in [-0.2, 0) is 9.47 Å². The van der Waals surface area contributed by atoms with Crippen molar-refractivity contribution in [3.63, 3.8) is 0 Å². The quantitative estimate of drug-likeness (QED) is 0.838. The van der Waals surface area contributed by atoms with Crippen LogP contribution in [0.15, 0.2) is 17.5 Å². The number of carbonyl (C=O) groups excluding carboxylic acids is 1. The molecule has 0 spiro atoms. The Morgan fingerprint density at radius 3 is 2.86 bits per heavy atom. The van der Waals surface area contributed by atoms with E-state index in [9.17, 15) is 4.79 Å². The lowest BCUT2D eigenvalue weighted by atomic mass is 10.1. The van der Waals surface area contributed by atoms with E-state index < -0.39 is 5.60 Å². The molecule has 2 rings (SSSR count). The fourth-order valence-electron chi connectivity index (χ4n) is 2.42. The molecule has 0 saturated carbocycles. The Morgan fingerprint density at radius 2 is 2.24 bits per heavy atom. The second-order valence-electron chi connectivity index (χ2n) is 6.48. The molecule has 0 bridgehead atoms. The van der Waals surface area contributed by atoms with Crippen molar-refractivity contribution in [3.05, 3.63) is 22.4 Å². The minimum absolute atomic E-state index is 0.0774. The van der Waals surface area contributed by atoms with Crippen molar-refractivity contribution >= 4 is 17.4 Å². The molecule has 0 aliphatic carbocycles. The summed E-state index contributed by atoms with van der Waals surface area (Å²) in [5.74, 6) is 0. The number of amides is 1. The molecule has 2 atom stereocenters. The van der Waals surface area contributed by atoms with Gasteiger partial charge in [0.2, 0.25) is 0 Å². The van der Waals surface area contributed by atoms with Gasteiger partial charge >= 0.3 is 6.09 Å². The van der Waals surface area contributed by atoms with E-state index in [1.54, 1.807) is 16.2 Å². The van der Waals surface area contributed by atoms with Crippen molar-refractivity contribution < 1.29 is 14.3 Å². The maximum atomic E-state index is 12.1. The summed E-state index contributed by atoms with van der Waals surface area (Å²) in [6.45, 7) is 9.11. The Kier molecular flexibility index (Phi) is 5.27. The van der Waals surface area contributed by atoms with Crippen molar-refractivity contribution in [1.82, 2.24) is 4.90 Å². The SMILES string of the molecule is CC(OC1CCCN(C(=O)OC(C)(C)C)C1)c1cccs1. The third-order valence-electron chi connectivity index (χ3n) is 3.37. The minimum atomic E-state index is -0.449. The third-order valence-corrected chi connectivity index (χ3v) is 4.40. The fraction of sp³-hybridized carbons (Fsp3) is 0.688. The molecule has 5 heteroatoms. The van der Waals surface area contributed by atoms with Gasteiger partial charge in [-0.15, -0.1) is 11.3 Å². The van der Waals surface area contributed by atoms with Gasteiger partial charge in [-0.3, -0.25) is 0 Å². The van der Waals surface area contributed by atoms with Crippen LogP contribution >= 0.6 is 11.3 Å². The van der Waals surface area contributed by atoms with Gasteiger partial charge in [0.1, 0.15) is 5.60 Å². The summed E-state index contributed by atoms with van der Waals surface area (Å²) in [4.78, 5) is 15.1. The summed E-state index contributed by atoms with van der Waals surface area (Å²) < 4.78 is 11.5. The molecule has 0 radical (unpaired) electrons. The lowest BCUT2D eigenvalue weighted by Gasteiger charge is -2.35. The van der Waals surface area contributed by atoms with Crippen molar-refractivity contribution in [1.29, 1.82) is 0 Å². The third kappa shape index (κ3) is 5.00. The zero-order valence-electron chi connectivity index (χ0n) is 13.3. The molecule has 1 aliphatic heterocycles. The van der Waals surface area contributed by atoms with Gasteiger partial charge in [0.05, 0.1) is 18.8 Å². The van der Waals surface area contributed by atoms with Crippen LogP contribution < -0.4 is 0 Å². The second-order valence-corrected chi connectivity index (χ2v) is 7.46. The maximum Gasteiger partial charge on any atom is 0.410 e. The average Bonchev–Trinajstić information content (AvgIpc) is 2.91. The lowest BCUT2D eigenvalue weighted by Crippen LogP contribution is -2.45. The van der Waals surface area contributed by atoms with E-state index in [1.165, 1.54) is 4.88 Å². The predicted octanol–water partition coefficient (Wildman–Crippen LogP) is 4.23. The van der Waals surface area contributed by atoms with Crippen LogP contribution in [0.3, 0.4) is 0 Å². The van der Waals surface area contributed by atoms with Crippen molar-refractivity contribution in [2.24, 2.45) is 0 Å². The van der Waals surface area contributed by atoms with E-state index in [4.69, 9.17) is 9.47 Å². The Morgan fingerprint density at radius 1 is 1.48 bits per heavy atom. The molecule has 1 saturated heterocycles. The average molecular weight is 311 g/mol. The maximum absolute atomic E-state index is 12.1. The number of likely N-dealkylation sites (tertiary alicyclic amines) is 1. The number of ether oxygens (including phenoxy) is 2. The molecule has 1 aromatic rings. The zero-order chi connectivity index (χ0) is 15.5. The first-order valence-corrected chi connectivity index (χ1v) is 8.40. The van der Waals surface area contributed by atoms with Gasteiger partial charge in [0, 0.05) is 11.4 Å². The van der Waals surface area contributed by atoms with Crippen molar-refractivity contribution in [2.45, 2.75) is 58.3 Å². The van der Waals surface area contributed by atoms with Gasteiger partial charge in [0.25, 0.3) is 0 Å². The van der Waals surface area contributed by atoms with Crippen molar-refractivity contribution in [2.75, 3.05) is 13.1 Å². The van der Waals surface area contributed by atoms with E-state index in [2.05, 4.69) is 18.4 Å². The van der Waals surface area contributed by atoms with Crippen LogP contribution in [-0.4, -0.2) is 35.8 Å². The van der Waals surface area contributed by atoms with Gasteiger partial charge in [-0.2, -0.15) is 0 Å². The normalized spacial score (nSPS) is 21.1. The van der Waals surface area contributed by atoms with Gasteiger partial charge < -0.3 is 14.4 Å². The summed E-state index contributed by atoms with van der Waals surface area (Å²) in [7, 11) is 0. The Hall–Kier alpha value is -1.07. The number of piperidine rings is 1. The van der Waals surface area contributed by atoms with Crippen LogP contribution in [0.1, 0.15) is 51.5 Å². The van der Waals surface area contributed by atoms with Crippen LogP contribution in [0.4, 0.5) is 4.79 Å². The summed E-state index contributed by atoms with van der Waals surface area (Å²) >= 11 is 1.70. The molecule has 21 heavy (non-hydrogen) atoms. The first-order chi connectivity index (χ1) is 9.85. The monoisotopic (exact) mass is 311 g/mol. The number of carbonyl (C=O) groups is 1. The first-order valence-electron chi connectivity index (χ1n) is 7.52. The molecule has 0 N–H and O–H groups in total. The lowest BCUT2D eigenvalue weighted by molar-refractivity contribution is -0.0474. The summed E-state index contributed by atoms with van der Waals surface area (Å²) in [6, 6.07) is 4.12. The topological polar surface area (TPSA) is 38.8 Å². The van der Waals surface area contributed by atoms with E-state index in [0.29, 0.717) is 6.54 Å². The Bertz CT molecular complexity index is 453. The Balaban J connectivity index is 1.87. The molecule has 1 fully saturated rings. The van der Waals surface area contributed by atoms with Crippen LogP contribution in [0, 0.1) is 0 Å². The molecule has 118 valence electrons. The Labute approximate surface area is 131 Å². The van der Waals surface area contributed by atoms with E-state index in [-0.39, 0.29) is 18.3 Å². The highest BCUT2D eigenvalue weighted by atomic mass is 32.1. The number of thiophene rings is 1. The molecule has 4 nitrogen and oxygen atoms in total. The van der Waals surface area contributed by atoms with Crippen LogP contribution in [0.2, 0.25) is 0 Å². The number of hydrogen-bond acceptors (Lipinski definition) is 4. The molecular weight excluding hydrogens is 286 g/mol. The highest BCUT2D eigenvalue weighted by molar-refractivity contribution is 7.10. The highest BCUT2D eigenvalue weighted by Crippen LogP contribution is 2.26. The molecule has 2 heterocycles. The molecular formula is C16H25NO3S. The van der Waals surface area contributed by atoms with E-state index >= 15 is 0 Å².